The zero-order valence-corrected chi connectivity index (χ0v) is 10.9. The summed E-state index contributed by atoms with van der Waals surface area (Å²) in [7, 11) is 3.67. The maximum atomic E-state index is 5.56. The van der Waals surface area contributed by atoms with E-state index in [9.17, 15) is 0 Å². The minimum absolute atomic E-state index is 0.224. The summed E-state index contributed by atoms with van der Waals surface area (Å²) in [4.78, 5) is 6.63. The van der Waals surface area contributed by atoms with Crippen LogP contribution in [0, 0.1) is 0 Å². The number of aromatic nitrogens is 2. The summed E-state index contributed by atoms with van der Waals surface area (Å²) in [5.74, 6) is 3.34. The van der Waals surface area contributed by atoms with Crippen LogP contribution in [0.1, 0.15) is 23.9 Å². The van der Waals surface area contributed by atoms with Crippen LogP contribution in [0.25, 0.3) is 0 Å². The van der Waals surface area contributed by atoms with Crippen molar-refractivity contribution in [2.75, 3.05) is 38.8 Å². The molecule has 0 radical (unpaired) electrons. The molecule has 2 unspecified atom stereocenters. The zero-order valence-electron chi connectivity index (χ0n) is 10.1. The van der Waals surface area contributed by atoms with Crippen molar-refractivity contribution >= 4 is 11.8 Å². The molecular formula is C10H18N4O2S. The second-order valence-electron chi connectivity index (χ2n) is 4.02. The first kappa shape index (κ1) is 12.8. The first-order valence-corrected chi connectivity index (χ1v) is 6.76. The summed E-state index contributed by atoms with van der Waals surface area (Å²) in [5.41, 5.74) is 5.56. The van der Waals surface area contributed by atoms with Gasteiger partial charge in [-0.05, 0) is 7.05 Å². The van der Waals surface area contributed by atoms with Gasteiger partial charge in [0.25, 0.3) is 5.89 Å². The van der Waals surface area contributed by atoms with E-state index < -0.39 is 0 Å². The first-order chi connectivity index (χ1) is 8.26. The maximum Gasteiger partial charge on any atom is 0.257 e. The highest BCUT2D eigenvalue weighted by molar-refractivity contribution is 7.99. The molecule has 0 aliphatic carbocycles. The average Bonchev–Trinajstić information content (AvgIpc) is 2.81. The number of nitrogens with zero attached hydrogens (tertiary/aromatic N) is 3. The van der Waals surface area contributed by atoms with Crippen LogP contribution in [0.15, 0.2) is 4.52 Å². The van der Waals surface area contributed by atoms with Crippen LogP contribution in [-0.4, -0.2) is 53.8 Å². The Kier molecular flexibility index (Phi) is 4.38. The maximum absolute atomic E-state index is 5.56. The van der Waals surface area contributed by atoms with Gasteiger partial charge in [0, 0.05) is 31.7 Å². The van der Waals surface area contributed by atoms with Crippen LogP contribution < -0.4 is 5.73 Å². The lowest BCUT2D eigenvalue weighted by atomic mass is 10.2. The van der Waals surface area contributed by atoms with Gasteiger partial charge >= 0.3 is 0 Å². The van der Waals surface area contributed by atoms with Crippen molar-refractivity contribution in [3.63, 3.8) is 0 Å². The summed E-state index contributed by atoms with van der Waals surface area (Å²) in [5, 5.41) is 4.03. The molecule has 17 heavy (non-hydrogen) atoms. The Bertz CT molecular complexity index is 356. The lowest BCUT2D eigenvalue weighted by Gasteiger charge is -2.29. The molecule has 6 nitrogen and oxygen atoms in total. The van der Waals surface area contributed by atoms with Crippen LogP contribution in [-0.2, 0) is 4.74 Å². The third kappa shape index (κ3) is 2.79. The highest BCUT2D eigenvalue weighted by Gasteiger charge is 2.27. The normalized spacial score (nSPS) is 23.8. The summed E-state index contributed by atoms with van der Waals surface area (Å²) < 4.78 is 10.4. The van der Waals surface area contributed by atoms with Crippen molar-refractivity contribution in [1.29, 1.82) is 0 Å². The third-order valence-electron chi connectivity index (χ3n) is 2.93. The number of hydrogen-bond donors (Lipinski definition) is 1. The van der Waals surface area contributed by atoms with Gasteiger partial charge in [-0.3, -0.25) is 4.90 Å². The smallest absolute Gasteiger partial charge is 0.257 e. The van der Waals surface area contributed by atoms with Gasteiger partial charge in [0.2, 0.25) is 0 Å². The molecule has 2 rings (SSSR count). The van der Waals surface area contributed by atoms with Gasteiger partial charge in [-0.1, -0.05) is 5.16 Å². The molecule has 1 aromatic rings. The largest absolute Gasteiger partial charge is 0.370 e. The molecule has 1 fully saturated rings. The van der Waals surface area contributed by atoms with Gasteiger partial charge in [-0.25, -0.2) is 0 Å². The molecule has 1 aromatic heterocycles. The molecule has 0 aromatic carbocycles. The lowest BCUT2D eigenvalue weighted by molar-refractivity contribution is 0.0803. The van der Waals surface area contributed by atoms with Crippen LogP contribution >= 0.6 is 11.8 Å². The Balaban J connectivity index is 2.11. The lowest BCUT2D eigenvalue weighted by Crippen LogP contribution is -2.33. The Morgan fingerprint density at radius 2 is 2.53 bits per heavy atom. The number of methoxy groups -OCH3 is 1. The van der Waals surface area contributed by atoms with Crippen molar-refractivity contribution in [3.05, 3.63) is 11.7 Å². The Morgan fingerprint density at radius 3 is 3.18 bits per heavy atom. The average molecular weight is 258 g/mol. The number of nitrogens with two attached hydrogens (primary N) is 1. The van der Waals surface area contributed by atoms with Crippen molar-refractivity contribution in [3.8, 4) is 0 Å². The fourth-order valence-corrected chi connectivity index (χ4v) is 2.98. The van der Waals surface area contributed by atoms with E-state index in [1.807, 2.05) is 11.8 Å². The predicted molar refractivity (Wildman–Crippen MR) is 65.8 cm³/mol. The van der Waals surface area contributed by atoms with Gasteiger partial charge in [0.1, 0.15) is 6.10 Å². The van der Waals surface area contributed by atoms with Crippen LogP contribution in [0.3, 0.4) is 0 Å². The molecule has 2 atom stereocenters. The standard InChI is InChI=1S/C10H18N4O2S/c1-14-3-4-17-6-7(14)9-12-10(16-13-9)8(5-11)15-2/h7-8H,3-6,11H2,1-2H3. The van der Waals surface area contributed by atoms with E-state index in [1.165, 1.54) is 0 Å². The first-order valence-electron chi connectivity index (χ1n) is 5.60. The molecule has 96 valence electrons. The fraction of sp³-hybridized carbons (Fsp3) is 0.800. The molecular weight excluding hydrogens is 240 g/mol. The molecule has 7 heteroatoms. The Morgan fingerprint density at radius 1 is 1.71 bits per heavy atom. The zero-order chi connectivity index (χ0) is 12.3. The van der Waals surface area contributed by atoms with E-state index >= 15 is 0 Å². The van der Waals surface area contributed by atoms with Gasteiger partial charge in [0.15, 0.2) is 5.82 Å². The third-order valence-corrected chi connectivity index (χ3v) is 3.95. The van der Waals surface area contributed by atoms with Crippen LogP contribution in [0.2, 0.25) is 0 Å². The Labute approximate surface area is 105 Å². The summed E-state index contributed by atoms with van der Waals surface area (Å²) >= 11 is 1.91. The quantitative estimate of drug-likeness (QED) is 0.839. The van der Waals surface area contributed by atoms with Gasteiger partial charge in [-0.2, -0.15) is 16.7 Å². The molecule has 2 heterocycles. The topological polar surface area (TPSA) is 77.4 Å². The second-order valence-corrected chi connectivity index (χ2v) is 5.17. The van der Waals surface area contributed by atoms with E-state index in [1.54, 1.807) is 7.11 Å². The van der Waals surface area contributed by atoms with E-state index in [0.717, 1.165) is 23.9 Å². The number of thioether (sulfide) groups is 1. The summed E-state index contributed by atoms with van der Waals surface area (Å²) in [6.07, 6.45) is -0.308. The molecule has 0 amide bonds. The number of rotatable bonds is 4. The minimum atomic E-state index is -0.308. The van der Waals surface area contributed by atoms with Crippen LogP contribution in [0.4, 0.5) is 0 Å². The molecule has 1 saturated heterocycles. The molecule has 1 aliphatic heterocycles. The van der Waals surface area contributed by atoms with E-state index in [-0.39, 0.29) is 12.1 Å². The van der Waals surface area contributed by atoms with Gasteiger partial charge < -0.3 is 15.0 Å². The molecule has 1 aliphatic rings. The summed E-state index contributed by atoms with van der Waals surface area (Å²) in [6, 6.07) is 0.224. The molecule has 0 saturated carbocycles. The van der Waals surface area contributed by atoms with E-state index in [4.69, 9.17) is 15.0 Å². The van der Waals surface area contributed by atoms with Crippen molar-refractivity contribution in [1.82, 2.24) is 15.0 Å². The highest BCUT2D eigenvalue weighted by atomic mass is 32.2. The molecule has 0 bridgehead atoms. The fourth-order valence-electron chi connectivity index (χ4n) is 1.77. The minimum Gasteiger partial charge on any atom is -0.370 e. The monoisotopic (exact) mass is 258 g/mol. The van der Waals surface area contributed by atoms with Crippen LogP contribution in [0.5, 0.6) is 0 Å². The highest BCUT2D eigenvalue weighted by Crippen LogP contribution is 2.27. The second kappa shape index (κ2) is 5.81. The summed E-state index contributed by atoms with van der Waals surface area (Å²) in [6.45, 7) is 1.39. The van der Waals surface area contributed by atoms with Gasteiger partial charge in [-0.15, -0.1) is 0 Å². The molecule has 0 spiro atoms. The van der Waals surface area contributed by atoms with Crippen molar-refractivity contribution in [2.45, 2.75) is 12.1 Å². The SMILES string of the molecule is COC(CN)c1nc(C2CSCCN2C)no1. The van der Waals surface area contributed by atoms with Crippen molar-refractivity contribution < 1.29 is 9.26 Å². The van der Waals surface area contributed by atoms with Gasteiger partial charge in [0.05, 0.1) is 6.04 Å². The number of hydrogen-bond acceptors (Lipinski definition) is 7. The van der Waals surface area contributed by atoms with E-state index in [0.29, 0.717) is 12.4 Å². The number of ether oxygens (including phenoxy) is 1. The van der Waals surface area contributed by atoms with E-state index in [2.05, 4.69) is 22.1 Å². The van der Waals surface area contributed by atoms with Crippen molar-refractivity contribution in [2.24, 2.45) is 5.73 Å². The molecule has 2 N–H and O–H groups in total. The predicted octanol–water partition coefficient (Wildman–Crippen LogP) is 0.436. The Hall–Kier alpha value is -0.630.